The second-order valence-electron chi connectivity index (χ2n) is 4.34. The first-order chi connectivity index (χ1) is 6.72. The van der Waals surface area contributed by atoms with Crippen molar-refractivity contribution in [3.8, 4) is 6.07 Å². The Morgan fingerprint density at radius 2 is 2.07 bits per heavy atom. The fourth-order valence-electron chi connectivity index (χ4n) is 1.92. The molecule has 1 saturated heterocycles. The van der Waals surface area contributed by atoms with Crippen LogP contribution in [0.2, 0.25) is 0 Å². The molecule has 3 nitrogen and oxygen atoms in total. The van der Waals surface area contributed by atoms with Crippen LogP contribution in [-0.4, -0.2) is 49.6 Å². The van der Waals surface area contributed by atoms with Gasteiger partial charge >= 0.3 is 0 Å². The van der Waals surface area contributed by atoms with Crippen molar-refractivity contribution >= 4 is 0 Å². The summed E-state index contributed by atoms with van der Waals surface area (Å²) in [6.07, 6.45) is 2.72. The Hall–Kier alpha value is -0.590. The summed E-state index contributed by atoms with van der Waals surface area (Å²) in [6.45, 7) is 7.65. The van der Waals surface area contributed by atoms with E-state index in [0.717, 1.165) is 19.6 Å². The Morgan fingerprint density at radius 1 is 1.43 bits per heavy atom. The van der Waals surface area contributed by atoms with Crippen molar-refractivity contribution in [2.24, 2.45) is 5.92 Å². The first kappa shape index (κ1) is 11.5. The molecule has 0 aromatic rings. The quantitative estimate of drug-likeness (QED) is 0.660. The number of hydrogen-bond acceptors (Lipinski definition) is 3. The lowest BCUT2D eigenvalue weighted by molar-refractivity contribution is 0.247. The topological polar surface area (TPSA) is 30.3 Å². The largest absolute Gasteiger partial charge is 0.304 e. The standard InChI is InChI=1S/C11H21N3/c1-11(9-12)10-13(2)7-8-14-5-3-4-6-14/h11H,3-8,10H2,1-2H3. The van der Waals surface area contributed by atoms with Crippen LogP contribution in [0.5, 0.6) is 0 Å². The summed E-state index contributed by atoms with van der Waals surface area (Å²) < 4.78 is 0. The maximum absolute atomic E-state index is 8.68. The molecular weight excluding hydrogens is 174 g/mol. The van der Waals surface area contributed by atoms with Gasteiger partial charge in [0.25, 0.3) is 0 Å². The third-order valence-corrected chi connectivity index (χ3v) is 2.80. The highest BCUT2D eigenvalue weighted by atomic mass is 15.2. The maximum atomic E-state index is 8.68. The first-order valence-electron chi connectivity index (χ1n) is 5.53. The SMILES string of the molecule is CC(C#N)CN(C)CCN1CCCC1. The normalized spacial score (nSPS) is 19.9. The van der Waals surface area contributed by atoms with Gasteiger partial charge in [0.1, 0.15) is 0 Å². The zero-order chi connectivity index (χ0) is 10.4. The second-order valence-corrected chi connectivity index (χ2v) is 4.34. The minimum atomic E-state index is 0.151. The van der Waals surface area contributed by atoms with Crippen molar-refractivity contribution in [3.05, 3.63) is 0 Å². The van der Waals surface area contributed by atoms with E-state index in [2.05, 4.69) is 22.9 Å². The van der Waals surface area contributed by atoms with Gasteiger partial charge in [-0.15, -0.1) is 0 Å². The van der Waals surface area contributed by atoms with Gasteiger partial charge in [0.2, 0.25) is 0 Å². The summed E-state index contributed by atoms with van der Waals surface area (Å²) in [7, 11) is 2.10. The summed E-state index contributed by atoms with van der Waals surface area (Å²) in [5.41, 5.74) is 0. The lowest BCUT2D eigenvalue weighted by atomic mass is 10.2. The predicted molar refractivity (Wildman–Crippen MR) is 57.9 cm³/mol. The van der Waals surface area contributed by atoms with Gasteiger partial charge in [0.15, 0.2) is 0 Å². The Labute approximate surface area is 87.3 Å². The van der Waals surface area contributed by atoms with Crippen molar-refractivity contribution in [1.82, 2.24) is 9.80 Å². The molecule has 0 aliphatic carbocycles. The van der Waals surface area contributed by atoms with Crippen molar-refractivity contribution in [2.45, 2.75) is 19.8 Å². The summed E-state index contributed by atoms with van der Waals surface area (Å²) in [5.74, 6) is 0.151. The molecule has 1 aliphatic heterocycles. The fourth-order valence-corrected chi connectivity index (χ4v) is 1.92. The van der Waals surface area contributed by atoms with Gasteiger partial charge < -0.3 is 9.80 Å². The van der Waals surface area contributed by atoms with Gasteiger partial charge in [-0.05, 0) is 39.9 Å². The average molecular weight is 195 g/mol. The molecule has 0 N–H and O–H groups in total. The van der Waals surface area contributed by atoms with Crippen LogP contribution in [0.3, 0.4) is 0 Å². The van der Waals surface area contributed by atoms with E-state index in [1.807, 2.05) is 6.92 Å². The van der Waals surface area contributed by atoms with Crippen LogP contribution in [-0.2, 0) is 0 Å². The van der Waals surface area contributed by atoms with Crippen LogP contribution in [0.25, 0.3) is 0 Å². The van der Waals surface area contributed by atoms with E-state index in [1.54, 1.807) is 0 Å². The minimum Gasteiger partial charge on any atom is -0.304 e. The summed E-state index contributed by atoms with van der Waals surface area (Å²) >= 11 is 0. The summed E-state index contributed by atoms with van der Waals surface area (Å²) in [4.78, 5) is 4.76. The van der Waals surface area contributed by atoms with Gasteiger partial charge in [-0.2, -0.15) is 5.26 Å². The maximum Gasteiger partial charge on any atom is 0.0666 e. The molecule has 3 heteroatoms. The zero-order valence-electron chi connectivity index (χ0n) is 9.37. The lowest BCUT2D eigenvalue weighted by Crippen LogP contribution is -2.33. The molecule has 1 fully saturated rings. The van der Waals surface area contributed by atoms with Gasteiger partial charge in [0, 0.05) is 19.6 Å². The monoisotopic (exact) mass is 195 g/mol. The van der Waals surface area contributed by atoms with E-state index in [0.29, 0.717) is 0 Å². The lowest BCUT2D eigenvalue weighted by Gasteiger charge is -2.21. The minimum absolute atomic E-state index is 0.151. The molecule has 0 bridgehead atoms. The van der Waals surface area contributed by atoms with Gasteiger partial charge in [0.05, 0.1) is 12.0 Å². The van der Waals surface area contributed by atoms with E-state index in [9.17, 15) is 0 Å². The molecule has 0 aromatic carbocycles. The van der Waals surface area contributed by atoms with E-state index >= 15 is 0 Å². The third kappa shape index (κ3) is 4.08. The Kier molecular flexibility index (Phi) is 4.92. The zero-order valence-corrected chi connectivity index (χ0v) is 9.37. The number of nitrogens with zero attached hydrogens (tertiary/aromatic N) is 3. The number of likely N-dealkylation sites (tertiary alicyclic amines) is 1. The van der Waals surface area contributed by atoms with Crippen molar-refractivity contribution in [3.63, 3.8) is 0 Å². The summed E-state index contributed by atoms with van der Waals surface area (Å²) in [6, 6.07) is 2.27. The van der Waals surface area contributed by atoms with Crippen LogP contribution in [0, 0.1) is 17.2 Å². The van der Waals surface area contributed by atoms with Crippen LogP contribution in [0.4, 0.5) is 0 Å². The van der Waals surface area contributed by atoms with Crippen LogP contribution >= 0.6 is 0 Å². The molecule has 0 amide bonds. The van der Waals surface area contributed by atoms with Crippen LogP contribution in [0.15, 0.2) is 0 Å². The highest BCUT2D eigenvalue weighted by Crippen LogP contribution is 2.06. The molecule has 1 rings (SSSR count). The first-order valence-corrected chi connectivity index (χ1v) is 5.53. The molecule has 14 heavy (non-hydrogen) atoms. The van der Waals surface area contributed by atoms with Gasteiger partial charge in [-0.1, -0.05) is 0 Å². The summed E-state index contributed by atoms with van der Waals surface area (Å²) in [5, 5.41) is 8.68. The van der Waals surface area contributed by atoms with Crippen LogP contribution in [0.1, 0.15) is 19.8 Å². The molecular formula is C11H21N3. The van der Waals surface area contributed by atoms with E-state index < -0.39 is 0 Å². The number of hydrogen-bond donors (Lipinski definition) is 0. The fraction of sp³-hybridized carbons (Fsp3) is 0.909. The van der Waals surface area contributed by atoms with E-state index in [1.165, 1.54) is 25.9 Å². The van der Waals surface area contributed by atoms with Crippen LogP contribution < -0.4 is 0 Å². The Balaban J connectivity index is 2.08. The molecule has 1 heterocycles. The Bertz CT molecular complexity index is 191. The highest BCUT2D eigenvalue weighted by molar-refractivity contribution is 4.80. The second kappa shape index (κ2) is 6.00. The van der Waals surface area contributed by atoms with Crippen molar-refractivity contribution < 1.29 is 0 Å². The number of likely N-dealkylation sites (N-methyl/N-ethyl adjacent to an activating group) is 1. The average Bonchev–Trinajstić information content (AvgIpc) is 2.67. The molecule has 1 unspecified atom stereocenters. The predicted octanol–water partition coefficient (Wildman–Crippen LogP) is 1.17. The molecule has 0 saturated carbocycles. The van der Waals surface area contributed by atoms with E-state index in [4.69, 9.17) is 5.26 Å². The molecule has 0 aromatic heterocycles. The van der Waals surface area contributed by atoms with Gasteiger partial charge in [-0.3, -0.25) is 0 Å². The molecule has 0 spiro atoms. The number of nitriles is 1. The van der Waals surface area contributed by atoms with E-state index in [-0.39, 0.29) is 5.92 Å². The smallest absolute Gasteiger partial charge is 0.0666 e. The Morgan fingerprint density at radius 3 is 2.64 bits per heavy atom. The third-order valence-electron chi connectivity index (χ3n) is 2.80. The molecule has 0 radical (unpaired) electrons. The van der Waals surface area contributed by atoms with Crippen molar-refractivity contribution in [1.29, 1.82) is 5.26 Å². The number of rotatable bonds is 5. The molecule has 80 valence electrons. The molecule has 1 aliphatic rings. The van der Waals surface area contributed by atoms with Crippen molar-refractivity contribution in [2.75, 3.05) is 39.8 Å². The van der Waals surface area contributed by atoms with Gasteiger partial charge in [-0.25, -0.2) is 0 Å². The molecule has 1 atom stereocenters. The highest BCUT2D eigenvalue weighted by Gasteiger charge is 2.12.